The molecule has 1 nitrogen and oxygen atoms in total. The van der Waals surface area contributed by atoms with E-state index in [9.17, 15) is 13.2 Å². The molecule has 0 aliphatic heterocycles. The van der Waals surface area contributed by atoms with Crippen molar-refractivity contribution >= 4 is 67.3 Å². The molecule has 1 aliphatic rings. The average Bonchev–Trinajstić information content (AvgIpc) is 2.98. The fourth-order valence-electron chi connectivity index (χ4n) is 1.52. The van der Waals surface area contributed by atoms with Gasteiger partial charge in [-0.25, -0.2) is 0 Å². The molecule has 0 saturated heterocycles. The fourth-order valence-corrected chi connectivity index (χ4v) is 1.78. The van der Waals surface area contributed by atoms with Crippen LogP contribution in [0.15, 0.2) is 28.7 Å². The summed E-state index contributed by atoms with van der Waals surface area (Å²) in [4.78, 5) is 0. The molecule has 1 fully saturated rings. The van der Waals surface area contributed by atoms with E-state index in [-0.39, 0.29) is 69.1 Å². The SMILES string of the molecule is F.FC(F)(F)C(NC1CC1)c1ccc(Br)cc1.[H+].[KH]. The Hall–Kier alpha value is 1.02. The van der Waals surface area contributed by atoms with Crippen molar-refractivity contribution in [1.29, 1.82) is 0 Å². The van der Waals surface area contributed by atoms with E-state index in [0.29, 0.717) is 0 Å². The second-order valence-electron chi connectivity index (χ2n) is 3.97. The Morgan fingerprint density at radius 1 is 1.22 bits per heavy atom. The van der Waals surface area contributed by atoms with Crippen LogP contribution in [0.2, 0.25) is 0 Å². The van der Waals surface area contributed by atoms with Crippen LogP contribution in [0, 0.1) is 0 Å². The summed E-state index contributed by atoms with van der Waals surface area (Å²) in [5.41, 5.74) is 0.266. The van der Waals surface area contributed by atoms with Crippen LogP contribution in [-0.4, -0.2) is 63.6 Å². The Morgan fingerprint density at radius 2 is 1.72 bits per heavy atom. The molecule has 1 unspecified atom stereocenters. The first-order valence-electron chi connectivity index (χ1n) is 5.05. The third-order valence-corrected chi connectivity index (χ3v) is 3.04. The molecule has 7 heteroatoms. The molecule has 0 radical (unpaired) electrons. The van der Waals surface area contributed by atoms with Crippen molar-refractivity contribution in [3.05, 3.63) is 34.3 Å². The van der Waals surface area contributed by atoms with Crippen LogP contribution in [-0.2, 0) is 0 Å². The number of alkyl halides is 3. The van der Waals surface area contributed by atoms with Crippen LogP contribution in [0.5, 0.6) is 0 Å². The van der Waals surface area contributed by atoms with Crippen LogP contribution in [0.3, 0.4) is 0 Å². The molecule has 18 heavy (non-hydrogen) atoms. The number of nitrogens with one attached hydrogen (secondary N) is 1. The molecular weight excluding hydrogens is 341 g/mol. The maximum atomic E-state index is 12.8. The standard InChI is InChI=1S/C11H11BrF3N.FH.K.H/c12-8-3-1-7(2-4-8)10(11(13,14)15)16-9-5-6-9;;;/h1-4,9-10,16H,5-6H2;1H;;/p+1. The van der Waals surface area contributed by atoms with E-state index in [2.05, 4.69) is 21.2 Å². The van der Waals surface area contributed by atoms with Gasteiger partial charge in [0.1, 0.15) is 6.04 Å². The van der Waals surface area contributed by atoms with Gasteiger partial charge in [0.15, 0.2) is 0 Å². The molecule has 2 rings (SSSR count). The van der Waals surface area contributed by atoms with Gasteiger partial charge in [0.25, 0.3) is 0 Å². The molecule has 1 aliphatic carbocycles. The number of benzene rings is 1. The fraction of sp³-hybridized carbons (Fsp3) is 0.455. The molecule has 0 amide bonds. The second kappa shape index (κ2) is 7.71. The average molecular weight is 355 g/mol. The number of halogens is 5. The first kappa shape index (κ1) is 19.0. The minimum atomic E-state index is -4.24. The predicted molar refractivity (Wildman–Crippen MR) is 69.9 cm³/mol. The Labute approximate surface area is 155 Å². The van der Waals surface area contributed by atoms with Crippen LogP contribution < -0.4 is 5.32 Å². The quantitative estimate of drug-likeness (QED) is 0.647. The zero-order chi connectivity index (χ0) is 11.8. The Morgan fingerprint density at radius 3 is 2.11 bits per heavy atom. The van der Waals surface area contributed by atoms with E-state index >= 15 is 0 Å². The van der Waals surface area contributed by atoms with Gasteiger partial charge in [-0.15, -0.1) is 0 Å². The van der Waals surface area contributed by atoms with E-state index in [1.807, 2.05) is 0 Å². The zero-order valence-corrected chi connectivity index (χ0v) is 10.4. The van der Waals surface area contributed by atoms with Crippen molar-refractivity contribution in [2.24, 2.45) is 0 Å². The molecule has 1 atom stereocenters. The Bertz CT molecular complexity index is 370. The molecular formula is C11H14BrF4KN+. The van der Waals surface area contributed by atoms with Gasteiger partial charge in [-0.3, -0.25) is 10.0 Å². The van der Waals surface area contributed by atoms with E-state index in [1.165, 1.54) is 12.1 Å². The summed E-state index contributed by atoms with van der Waals surface area (Å²) in [6.45, 7) is 0. The van der Waals surface area contributed by atoms with Crippen LogP contribution in [0.4, 0.5) is 17.9 Å². The first-order chi connectivity index (χ1) is 7.47. The molecule has 98 valence electrons. The number of hydrogen-bond donors (Lipinski definition) is 1. The van der Waals surface area contributed by atoms with E-state index < -0.39 is 12.2 Å². The molecule has 1 N–H and O–H groups in total. The van der Waals surface area contributed by atoms with Crippen LogP contribution in [0.1, 0.15) is 25.9 Å². The summed E-state index contributed by atoms with van der Waals surface area (Å²) < 4.78 is 39.2. The van der Waals surface area contributed by atoms with Crippen molar-refractivity contribution in [2.75, 3.05) is 0 Å². The maximum absolute atomic E-state index is 12.8. The molecule has 0 spiro atoms. The van der Waals surface area contributed by atoms with Crippen molar-refractivity contribution in [3.8, 4) is 0 Å². The van der Waals surface area contributed by atoms with Crippen molar-refractivity contribution in [3.63, 3.8) is 0 Å². The van der Waals surface area contributed by atoms with Crippen molar-refractivity contribution < 1.29 is 19.3 Å². The van der Waals surface area contributed by atoms with Gasteiger partial charge < -0.3 is 0 Å². The summed E-state index contributed by atoms with van der Waals surface area (Å²) in [5.74, 6) is 0. The molecule has 0 aromatic heterocycles. The molecule has 0 heterocycles. The normalized spacial score (nSPS) is 16.4. The summed E-state index contributed by atoms with van der Waals surface area (Å²) >= 11 is 3.21. The number of hydrogen-bond acceptors (Lipinski definition) is 1. The van der Waals surface area contributed by atoms with Gasteiger partial charge in [-0.2, -0.15) is 13.2 Å². The summed E-state index contributed by atoms with van der Waals surface area (Å²) in [6, 6.07) is 4.73. The summed E-state index contributed by atoms with van der Waals surface area (Å²) in [6.07, 6.45) is -2.57. The summed E-state index contributed by atoms with van der Waals surface area (Å²) in [5, 5.41) is 2.63. The predicted octanol–water partition coefficient (Wildman–Crippen LogP) is 3.42. The van der Waals surface area contributed by atoms with E-state index in [1.54, 1.807) is 12.1 Å². The van der Waals surface area contributed by atoms with Gasteiger partial charge in [-0.05, 0) is 30.5 Å². The topological polar surface area (TPSA) is 12.0 Å². The Kier molecular flexibility index (Phi) is 8.14. The molecule has 1 aromatic carbocycles. The molecule has 0 bridgehead atoms. The van der Waals surface area contributed by atoms with Gasteiger partial charge in [0, 0.05) is 10.5 Å². The number of rotatable bonds is 3. The van der Waals surface area contributed by atoms with E-state index in [4.69, 9.17) is 0 Å². The van der Waals surface area contributed by atoms with Gasteiger partial charge in [0.05, 0.1) is 0 Å². The minimum absolute atomic E-state index is 0. The van der Waals surface area contributed by atoms with Crippen molar-refractivity contribution in [1.82, 2.24) is 5.32 Å². The molecule has 1 saturated carbocycles. The summed E-state index contributed by atoms with van der Waals surface area (Å²) in [7, 11) is 0. The first-order valence-corrected chi connectivity index (χ1v) is 5.84. The monoisotopic (exact) mass is 354 g/mol. The van der Waals surface area contributed by atoms with Gasteiger partial charge in [-0.1, -0.05) is 28.1 Å². The second-order valence-corrected chi connectivity index (χ2v) is 4.88. The van der Waals surface area contributed by atoms with Crippen LogP contribution >= 0.6 is 15.9 Å². The van der Waals surface area contributed by atoms with Crippen LogP contribution in [0.25, 0.3) is 0 Å². The third kappa shape index (κ3) is 5.56. The zero-order valence-electron chi connectivity index (χ0n) is 9.80. The van der Waals surface area contributed by atoms with Crippen molar-refractivity contribution in [2.45, 2.75) is 31.1 Å². The third-order valence-electron chi connectivity index (χ3n) is 2.51. The molecule has 1 aromatic rings. The van der Waals surface area contributed by atoms with E-state index in [0.717, 1.165) is 17.3 Å². The van der Waals surface area contributed by atoms with Gasteiger partial charge in [0.2, 0.25) is 0 Å². The van der Waals surface area contributed by atoms with Gasteiger partial charge >= 0.3 is 59.0 Å². The Balaban J connectivity index is 0.